The van der Waals surface area contributed by atoms with E-state index >= 15 is 0 Å². The van der Waals surface area contributed by atoms with Crippen LogP contribution in [0.3, 0.4) is 0 Å². The van der Waals surface area contributed by atoms with Gasteiger partial charge in [0.2, 0.25) is 0 Å². The summed E-state index contributed by atoms with van der Waals surface area (Å²) in [6.45, 7) is 5.04. The van der Waals surface area contributed by atoms with Crippen LogP contribution in [0.25, 0.3) is 11.1 Å². The van der Waals surface area contributed by atoms with Crippen LogP contribution < -0.4 is 5.32 Å². The summed E-state index contributed by atoms with van der Waals surface area (Å²) in [5, 5.41) is 12.1. The summed E-state index contributed by atoms with van der Waals surface area (Å²) >= 11 is 0. The molecule has 10 heteroatoms. The van der Waals surface area contributed by atoms with Crippen molar-refractivity contribution in [3.05, 3.63) is 180 Å². The fraction of sp³-hybridized carbons (Fsp3) is 0.190. The van der Waals surface area contributed by atoms with E-state index in [-0.39, 0.29) is 0 Å². The molecule has 6 rings (SSSR count). The van der Waals surface area contributed by atoms with Gasteiger partial charge < -0.3 is 10.4 Å². The summed E-state index contributed by atoms with van der Waals surface area (Å²) in [4.78, 5) is 48.1. The van der Waals surface area contributed by atoms with Crippen molar-refractivity contribution >= 4 is 11.9 Å². The average molecular weight is 692 g/mol. The Labute approximate surface area is 303 Å². The standard InChI is InChI=1S/C42H41N7O3/c1-31(42(51)52)47-41(50)40-17-3-2-16-39(40)34-23-32(25-48(27-35-12-4-8-18-43-35)28-36-13-5-9-19-44-36)22-33(24-34)26-49(29-37-14-6-10-20-45-37)30-38-15-7-11-21-46-38/h2-24,31H,25-30H2,1H3,(H,47,50)(H,51,52)/t31-/m0/s1. The summed E-state index contributed by atoms with van der Waals surface area (Å²) in [7, 11) is 0. The van der Waals surface area contributed by atoms with Crippen molar-refractivity contribution < 1.29 is 14.7 Å². The number of aromatic nitrogens is 4. The molecule has 2 N–H and O–H groups in total. The van der Waals surface area contributed by atoms with Crippen LogP contribution in [-0.2, 0) is 44.1 Å². The largest absolute Gasteiger partial charge is 0.480 e. The third-order valence-electron chi connectivity index (χ3n) is 8.51. The van der Waals surface area contributed by atoms with Crippen molar-refractivity contribution in [1.82, 2.24) is 35.1 Å². The Morgan fingerprint density at radius 3 is 1.37 bits per heavy atom. The van der Waals surface area contributed by atoms with E-state index in [0.29, 0.717) is 50.4 Å². The maximum Gasteiger partial charge on any atom is 0.325 e. The van der Waals surface area contributed by atoms with E-state index in [1.807, 2.05) is 84.9 Å². The van der Waals surface area contributed by atoms with Gasteiger partial charge in [-0.1, -0.05) is 48.5 Å². The van der Waals surface area contributed by atoms with Crippen LogP contribution in [-0.4, -0.2) is 52.8 Å². The Bertz CT molecular complexity index is 1860. The van der Waals surface area contributed by atoms with E-state index < -0.39 is 17.9 Å². The van der Waals surface area contributed by atoms with Crippen LogP contribution >= 0.6 is 0 Å². The monoisotopic (exact) mass is 691 g/mol. The van der Waals surface area contributed by atoms with Gasteiger partial charge in [0.25, 0.3) is 5.91 Å². The molecule has 52 heavy (non-hydrogen) atoms. The molecular weight excluding hydrogens is 651 g/mol. The molecule has 10 nitrogen and oxygen atoms in total. The Kier molecular flexibility index (Phi) is 12.2. The molecule has 0 fully saturated rings. The zero-order valence-corrected chi connectivity index (χ0v) is 29.0. The minimum atomic E-state index is -1.10. The molecule has 0 saturated heterocycles. The quantitative estimate of drug-likeness (QED) is 0.116. The van der Waals surface area contributed by atoms with Crippen molar-refractivity contribution in [1.29, 1.82) is 0 Å². The Morgan fingerprint density at radius 2 is 0.981 bits per heavy atom. The molecule has 262 valence electrons. The predicted molar refractivity (Wildman–Crippen MR) is 199 cm³/mol. The number of carbonyl (C=O) groups excluding carboxylic acids is 1. The van der Waals surface area contributed by atoms with Crippen LogP contribution in [0.4, 0.5) is 0 Å². The lowest BCUT2D eigenvalue weighted by Crippen LogP contribution is -2.38. The molecule has 0 unspecified atom stereocenters. The van der Waals surface area contributed by atoms with Gasteiger partial charge in [-0.2, -0.15) is 0 Å². The normalized spacial score (nSPS) is 11.8. The third kappa shape index (κ3) is 10.2. The van der Waals surface area contributed by atoms with Gasteiger partial charge >= 0.3 is 5.97 Å². The van der Waals surface area contributed by atoms with Crippen LogP contribution in [0.1, 0.15) is 51.2 Å². The first-order valence-electron chi connectivity index (χ1n) is 17.2. The fourth-order valence-corrected chi connectivity index (χ4v) is 6.10. The maximum absolute atomic E-state index is 13.5. The second kappa shape index (κ2) is 17.7. The fourth-order valence-electron chi connectivity index (χ4n) is 6.10. The molecule has 6 aromatic rings. The molecule has 0 bridgehead atoms. The number of nitrogens with zero attached hydrogens (tertiary/aromatic N) is 6. The first-order valence-corrected chi connectivity index (χ1v) is 17.2. The summed E-state index contributed by atoms with van der Waals surface area (Å²) in [6.07, 6.45) is 7.21. The Hall–Kier alpha value is -6.10. The molecular formula is C42H41N7O3. The van der Waals surface area contributed by atoms with Gasteiger partial charge in [0, 0.05) is 69.6 Å². The number of pyridine rings is 4. The summed E-state index contributed by atoms with van der Waals surface area (Å²) < 4.78 is 0. The molecule has 0 saturated carbocycles. The molecule has 4 heterocycles. The number of aliphatic carboxylic acids is 1. The van der Waals surface area contributed by atoms with Crippen molar-refractivity contribution in [2.45, 2.75) is 52.2 Å². The molecule has 1 amide bonds. The van der Waals surface area contributed by atoms with E-state index in [1.54, 1.807) is 36.9 Å². The number of nitrogens with one attached hydrogen (secondary N) is 1. The van der Waals surface area contributed by atoms with E-state index in [1.165, 1.54) is 6.92 Å². The van der Waals surface area contributed by atoms with Crippen LogP contribution in [0.15, 0.2) is 140 Å². The lowest BCUT2D eigenvalue weighted by molar-refractivity contribution is -0.138. The molecule has 1 atom stereocenters. The lowest BCUT2D eigenvalue weighted by atomic mass is 9.95. The van der Waals surface area contributed by atoms with Crippen LogP contribution in [0.2, 0.25) is 0 Å². The molecule has 4 aromatic heterocycles. The van der Waals surface area contributed by atoms with Gasteiger partial charge in [-0.25, -0.2) is 0 Å². The number of hydrogen-bond donors (Lipinski definition) is 2. The van der Waals surface area contributed by atoms with E-state index in [4.69, 9.17) is 0 Å². The van der Waals surface area contributed by atoms with Gasteiger partial charge in [-0.15, -0.1) is 0 Å². The predicted octanol–water partition coefficient (Wildman–Crippen LogP) is 6.54. The number of carboxylic acids is 1. The molecule has 0 aliphatic rings. The number of rotatable bonds is 16. The number of amides is 1. The SMILES string of the molecule is C[C@H](NC(=O)c1ccccc1-c1cc(CN(Cc2ccccn2)Cc2ccccn2)cc(CN(Cc2ccccn2)Cc2ccccn2)c1)C(=O)O. The molecule has 2 aromatic carbocycles. The Balaban J connectivity index is 1.40. The molecule has 0 spiro atoms. The van der Waals surface area contributed by atoms with Gasteiger partial charge in [0.1, 0.15) is 6.04 Å². The summed E-state index contributed by atoms with van der Waals surface area (Å²) in [5.41, 5.74) is 7.84. The second-order valence-electron chi connectivity index (χ2n) is 12.7. The summed E-state index contributed by atoms with van der Waals surface area (Å²) in [6, 6.07) is 36.4. The van der Waals surface area contributed by atoms with Crippen LogP contribution in [0, 0.1) is 0 Å². The number of carbonyl (C=O) groups is 2. The smallest absolute Gasteiger partial charge is 0.325 e. The van der Waals surface area contributed by atoms with Gasteiger partial charge in [-0.3, -0.25) is 39.3 Å². The third-order valence-corrected chi connectivity index (χ3v) is 8.51. The zero-order chi connectivity index (χ0) is 36.1. The van der Waals surface area contributed by atoms with E-state index in [0.717, 1.165) is 39.5 Å². The van der Waals surface area contributed by atoms with Crippen molar-refractivity contribution in [3.8, 4) is 11.1 Å². The maximum atomic E-state index is 13.5. The van der Waals surface area contributed by atoms with Crippen molar-refractivity contribution in [2.75, 3.05) is 0 Å². The highest BCUT2D eigenvalue weighted by atomic mass is 16.4. The second-order valence-corrected chi connectivity index (χ2v) is 12.7. The van der Waals surface area contributed by atoms with Crippen LogP contribution in [0.5, 0.6) is 0 Å². The molecule has 0 radical (unpaired) electrons. The first-order chi connectivity index (χ1) is 25.4. The zero-order valence-electron chi connectivity index (χ0n) is 29.0. The van der Waals surface area contributed by atoms with E-state index in [2.05, 4.69) is 53.3 Å². The van der Waals surface area contributed by atoms with E-state index in [9.17, 15) is 14.7 Å². The van der Waals surface area contributed by atoms with Gasteiger partial charge in [0.05, 0.1) is 22.8 Å². The Morgan fingerprint density at radius 1 is 0.577 bits per heavy atom. The highest BCUT2D eigenvalue weighted by molar-refractivity contribution is 6.02. The molecule has 0 aliphatic heterocycles. The highest BCUT2D eigenvalue weighted by Gasteiger charge is 2.20. The minimum Gasteiger partial charge on any atom is -0.480 e. The highest BCUT2D eigenvalue weighted by Crippen LogP contribution is 2.29. The minimum absolute atomic E-state index is 0.399. The van der Waals surface area contributed by atoms with Gasteiger partial charge in [0.15, 0.2) is 0 Å². The first kappa shape index (κ1) is 35.7. The average Bonchev–Trinajstić information content (AvgIpc) is 3.16. The van der Waals surface area contributed by atoms with Gasteiger partial charge in [-0.05, 0) is 95.9 Å². The number of benzene rings is 2. The number of hydrogen-bond acceptors (Lipinski definition) is 8. The van der Waals surface area contributed by atoms with Crippen molar-refractivity contribution in [3.63, 3.8) is 0 Å². The molecule has 0 aliphatic carbocycles. The summed E-state index contributed by atoms with van der Waals surface area (Å²) in [5.74, 6) is -1.55. The lowest BCUT2D eigenvalue weighted by Gasteiger charge is -2.25. The number of carboxylic acid groups (broad SMARTS) is 1. The topological polar surface area (TPSA) is 124 Å². The van der Waals surface area contributed by atoms with Crippen molar-refractivity contribution in [2.24, 2.45) is 0 Å².